The number of carbonyl (C=O) groups is 3. The number of fused-ring (bicyclic) bond motifs is 1. The molecule has 1 aromatic rings. The van der Waals surface area contributed by atoms with E-state index in [1.54, 1.807) is 18.2 Å². The second-order valence-corrected chi connectivity index (χ2v) is 8.56. The van der Waals surface area contributed by atoms with E-state index >= 15 is 0 Å². The van der Waals surface area contributed by atoms with E-state index < -0.39 is 12.2 Å². The fourth-order valence-electron chi connectivity index (χ4n) is 3.91. The van der Waals surface area contributed by atoms with Crippen molar-refractivity contribution < 1.29 is 19.1 Å². The summed E-state index contributed by atoms with van der Waals surface area (Å²) < 4.78 is 5.26. The van der Waals surface area contributed by atoms with Gasteiger partial charge in [-0.2, -0.15) is 0 Å². The molecule has 0 bridgehead atoms. The van der Waals surface area contributed by atoms with Crippen LogP contribution in [0.2, 0.25) is 5.02 Å². The van der Waals surface area contributed by atoms with E-state index in [1.165, 1.54) is 16.9 Å². The van der Waals surface area contributed by atoms with E-state index in [0.717, 1.165) is 12.8 Å². The summed E-state index contributed by atoms with van der Waals surface area (Å²) in [5.74, 6) is -0.0312. The van der Waals surface area contributed by atoms with Crippen LogP contribution in [0.4, 0.5) is 10.5 Å². The lowest BCUT2D eigenvalue weighted by molar-refractivity contribution is -0.142. The molecule has 0 aromatic heterocycles. The van der Waals surface area contributed by atoms with Crippen LogP contribution >= 0.6 is 11.6 Å². The number of hydrogen-bond donors (Lipinski definition) is 2. The predicted octanol–water partition coefficient (Wildman–Crippen LogP) is 2.92. The average molecular weight is 437 g/mol. The first kappa shape index (κ1) is 22.4. The highest BCUT2D eigenvalue weighted by Crippen LogP contribution is 2.30. The van der Waals surface area contributed by atoms with Crippen molar-refractivity contribution in [1.82, 2.24) is 15.1 Å². The lowest BCUT2D eigenvalue weighted by Gasteiger charge is -2.46. The number of hydrogen-bond acceptors (Lipinski definition) is 5. The van der Waals surface area contributed by atoms with Crippen LogP contribution in [-0.4, -0.2) is 60.6 Å². The summed E-state index contributed by atoms with van der Waals surface area (Å²) in [5, 5.41) is 6.48. The normalized spacial score (nSPS) is 21.6. The van der Waals surface area contributed by atoms with Crippen LogP contribution in [0.3, 0.4) is 0 Å². The largest absolute Gasteiger partial charge is 0.495 e. The highest BCUT2D eigenvalue weighted by atomic mass is 35.5. The number of nitrogens with zero attached hydrogens (tertiary/aromatic N) is 2. The summed E-state index contributed by atoms with van der Waals surface area (Å²) >= 11 is 6.03. The third kappa shape index (κ3) is 4.87. The van der Waals surface area contributed by atoms with Crippen molar-refractivity contribution in [3.05, 3.63) is 23.2 Å². The molecular formula is C21H29ClN4O4. The predicted molar refractivity (Wildman–Crippen MR) is 114 cm³/mol. The maximum atomic E-state index is 13.1. The van der Waals surface area contributed by atoms with Crippen molar-refractivity contribution in [2.75, 3.05) is 32.1 Å². The third-order valence-corrected chi connectivity index (χ3v) is 5.74. The molecule has 4 amide bonds. The van der Waals surface area contributed by atoms with Crippen molar-refractivity contribution in [3.63, 3.8) is 0 Å². The van der Waals surface area contributed by atoms with E-state index in [2.05, 4.69) is 10.6 Å². The Morgan fingerprint density at radius 2 is 2.13 bits per heavy atom. The van der Waals surface area contributed by atoms with Crippen molar-refractivity contribution >= 4 is 35.1 Å². The van der Waals surface area contributed by atoms with Gasteiger partial charge < -0.3 is 10.1 Å². The Bertz CT molecular complexity index is 816. The number of piperidine rings is 1. The maximum absolute atomic E-state index is 13.1. The monoisotopic (exact) mass is 436 g/mol. The molecule has 2 atom stereocenters. The molecule has 2 fully saturated rings. The highest BCUT2D eigenvalue weighted by Gasteiger charge is 2.47. The molecule has 8 nitrogen and oxygen atoms in total. The number of ether oxygens (including phenoxy) is 1. The lowest BCUT2D eigenvalue weighted by atomic mass is 9.91. The van der Waals surface area contributed by atoms with Crippen LogP contribution in [0.5, 0.6) is 5.75 Å². The van der Waals surface area contributed by atoms with Gasteiger partial charge in [-0.15, -0.1) is 0 Å². The standard InChI is InChI=1S/C21H29ClN4O4/c1-13(2)8-10-25-20(28)15-5-4-9-23-19(15)26(21(25)29)12-18(27)24-16-11-14(22)6-7-17(16)30-3/h6-7,11,13,15,19,23H,4-5,8-10,12H2,1-3H3,(H,24,27). The fourth-order valence-corrected chi connectivity index (χ4v) is 4.08. The topological polar surface area (TPSA) is 91.0 Å². The second kappa shape index (κ2) is 9.66. The van der Waals surface area contributed by atoms with Crippen molar-refractivity contribution in [2.24, 2.45) is 11.8 Å². The van der Waals surface area contributed by atoms with E-state index in [4.69, 9.17) is 16.3 Å². The number of urea groups is 1. The number of benzene rings is 1. The molecule has 2 unspecified atom stereocenters. The second-order valence-electron chi connectivity index (χ2n) is 8.12. The molecule has 0 spiro atoms. The van der Waals surface area contributed by atoms with Gasteiger partial charge in [0.25, 0.3) is 0 Å². The number of nitrogens with one attached hydrogen (secondary N) is 2. The number of carbonyl (C=O) groups excluding carboxylic acids is 3. The number of imide groups is 1. The molecule has 0 saturated carbocycles. The molecular weight excluding hydrogens is 408 g/mol. The first-order chi connectivity index (χ1) is 14.3. The van der Waals surface area contributed by atoms with Gasteiger partial charge in [0.15, 0.2) is 0 Å². The van der Waals surface area contributed by atoms with Crippen molar-refractivity contribution in [1.29, 1.82) is 0 Å². The Morgan fingerprint density at radius 1 is 1.37 bits per heavy atom. The molecule has 3 rings (SSSR count). The van der Waals surface area contributed by atoms with Gasteiger partial charge in [-0.05, 0) is 49.9 Å². The third-order valence-electron chi connectivity index (χ3n) is 5.50. The molecule has 0 aliphatic carbocycles. The quantitative estimate of drug-likeness (QED) is 0.685. The van der Waals surface area contributed by atoms with Crippen LogP contribution in [0, 0.1) is 11.8 Å². The molecule has 2 heterocycles. The Labute approximate surface area is 181 Å². The molecule has 164 valence electrons. The molecule has 1 aromatic carbocycles. The number of methoxy groups -OCH3 is 1. The van der Waals surface area contributed by atoms with Crippen LogP contribution in [-0.2, 0) is 9.59 Å². The number of amides is 4. The van der Waals surface area contributed by atoms with Gasteiger partial charge in [0.2, 0.25) is 11.8 Å². The minimum Gasteiger partial charge on any atom is -0.495 e. The van der Waals surface area contributed by atoms with Gasteiger partial charge >= 0.3 is 6.03 Å². The van der Waals surface area contributed by atoms with Gasteiger partial charge in [-0.25, -0.2) is 4.79 Å². The maximum Gasteiger partial charge on any atom is 0.328 e. The Balaban J connectivity index is 1.78. The summed E-state index contributed by atoms with van der Waals surface area (Å²) in [6.07, 6.45) is 1.81. The van der Waals surface area contributed by atoms with Gasteiger partial charge in [0.1, 0.15) is 12.3 Å². The molecule has 2 aliphatic rings. The summed E-state index contributed by atoms with van der Waals surface area (Å²) in [6, 6.07) is 4.49. The zero-order chi connectivity index (χ0) is 21.8. The van der Waals surface area contributed by atoms with E-state index in [9.17, 15) is 14.4 Å². The van der Waals surface area contributed by atoms with Gasteiger partial charge in [0, 0.05) is 11.6 Å². The molecule has 2 saturated heterocycles. The first-order valence-corrected chi connectivity index (χ1v) is 10.7. The van der Waals surface area contributed by atoms with Gasteiger partial charge in [-0.1, -0.05) is 25.4 Å². The molecule has 2 N–H and O–H groups in total. The Kier molecular flexibility index (Phi) is 7.20. The minimum absolute atomic E-state index is 0.147. The van der Waals surface area contributed by atoms with E-state index in [1.807, 2.05) is 13.8 Å². The van der Waals surface area contributed by atoms with Crippen LogP contribution in [0.1, 0.15) is 33.1 Å². The zero-order valence-corrected chi connectivity index (χ0v) is 18.4. The van der Waals surface area contributed by atoms with Crippen LogP contribution < -0.4 is 15.4 Å². The highest BCUT2D eigenvalue weighted by molar-refractivity contribution is 6.31. The molecule has 0 radical (unpaired) electrons. The molecule has 2 aliphatic heterocycles. The Morgan fingerprint density at radius 3 is 2.83 bits per heavy atom. The number of anilines is 1. The van der Waals surface area contributed by atoms with Crippen LogP contribution in [0.15, 0.2) is 18.2 Å². The van der Waals surface area contributed by atoms with Crippen LogP contribution in [0.25, 0.3) is 0 Å². The van der Waals surface area contributed by atoms with Crippen molar-refractivity contribution in [2.45, 2.75) is 39.3 Å². The van der Waals surface area contributed by atoms with Crippen molar-refractivity contribution in [3.8, 4) is 5.75 Å². The van der Waals surface area contributed by atoms with E-state index in [0.29, 0.717) is 41.9 Å². The summed E-state index contributed by atoms with van der Waals surface area (Å²) in [7, 11) is 1.50. The summed E-state index contributed by atoms with van der Waals surface area (Å²) in [6.45, 7) is 4.99. The minimum atomic E-state index is -0.471. The fraction of sp³-hybridized carbons (Fsp3) is 0.571. The first-order valence-electron chi connectivity index (χ1n) is 10.3. The Hall–Kier alpha value is -2.32. The van der Waals surface area contributed by atoms with Gasteiger partial charge in [-0.3, -0.25) is 24.7 Å². The smallest absolute Gasteiger partial charge is 0.328 e. The van der Waals surface area contributed by atoms with E-state index in [-0.39, 0.29) is 24.3 Å². The number of halogens is 1. The summed E-state index contributed by atoms with van der Waals surface area (Å²) in [5.41, 5.74) is 0.431. The summed E-state index contributed by atoms with van der Waals surface area (Å²) in [4.78, 5) is 41.6. The SMILES string of the molecule is COc1ccc(Cl)cc1NC(=O)CN1C(=O)N(CCC(C)C)C(=O)C2CCCNC21. The average Bonchev–Trinajstić information content (AvgIpc) is 2.71. The lowest BCUT2D eigenvalue weighted by Crippen LogP contribution is -2.68. The van der Waals surface area contributed by atoms with Gasteiger partial charge in [0.05, 0.1) is 24.9 Å². The molecule has 9 heteroatoms. The number of rotatable bonds is 7. The zero-order valence-electron chi connectivity index (χ0n) is 17.6. The molecule has 30 heavy (non-hydrogen) atoms.